The number of hydrogen-bond acceptors (Lipinski definition) is 2. The molecule has 1 aromatic heterocycles. The molecule has 0 atom stereocenters. The highest BCUT2D eigenvalue weighted by Gasteiger charge is 2.06. The van der Waals surface area contributed by atoms with Crippen LogP contribution in [-0.4, -0.2) is 4.98 Å². The Labute approximate surface area is 112 Å². The molecule has 94 valence electrons. The SMILES string of the molecule is Fc1cc(F)cc(OCc2nc(Cl)ccc2Cl)c1. The van der Waals surface area contributed by atoms with Crippen LogP contribution in [0.1, 0.15) is 5.69 Å². The van der Waals surface area contributed by atoms with E-state index in [2.05, 4.69) is 4.98 Å². The summed E-state index contributed by atoms with van der Waals surface area (Å²) >= 11 is 11.6. The summed E-state index contributed by atoms with van der Waals surface area (Å²) in [5.41, 5.74) is 0.397. The zero-order valence-corrected chi connectivity index (χ0v) is 10.5. The highest BCUT2D eigenvalue weighted by atomic mass is 35.5. The average Bonchev–Trinajstić information content (AvgIpc) is 2.29. The molecular formula is C12H7Cl2F2NO. The molecule has 0 saturated carbocycles. The third kappa shape index (κ3) is 3.31. The van der Waals surface area contributed by atoms with Crippen molar-refractivity contribution < 1.29 is 13.5 Å². The summed E-state index contributed by atoms with van der Waals surface area (Å²) in [6.45, 7) is -0.0255. The number of pyridine rings is 1. The van der Waals surface area contributed by atoms with Crippen LogP contribution in [0.25, 0.3) is 0 Å². The minimum atomic E-state index is -0.713. The number of ether oxygens (including phenoxy) is 1. The Kier molecular flexibility index (Phi) is 3.99. The van der Waals surface area contributed by atoms with Gasteiger partial charge in [-0.15, -0.1) is 0 Å². The van der Waals surface area contributed by atoms with Crippen molar-refractivity contribution >= 4 is 23.2 Å². The van der Waals surface area contributed by atoms with E-state index >= 15 is 0 Å². The summed E-state index contributed by atoms with van der Waals surface area (Å²) < 4.78 is 31.0. The Balaban J connectivity index is 2.13. The van der Waals surface area contributed by atoms with Crippen LogP contribution in [0.15, 0.2) is 30.3 Å². The van der Waals surface area contributed by atoms with Crippen molar-refractivity contribution in [1.82, 2.24) is 4.98 Å². The van der Waals surface area contributed by atoms with E-state index in [1.807, 2.05) is 0 Å². The quantitative estimate of drug-likeness (QED) is 0.788. The van der Waals surface area contributed by atoms with Crippen LogP contribution in [0.3, 0.4) is 0 Å². The number of benzene rings is 1. The third-order valence-corrected chi connectivity index (χ3v) is 2.65. The first-order valence-corrected chi connectivity index (χ1v) is 5.70. The van der Waals surface area contributed by atoms with Gasteiger partial charge in [-0.2, -0.15) is 0 Å². The molecule has 2 aromatic rings. The lowest BCUT2D eigenvalue weighted by molar-refractivity contribution is 0.298. The predicted octanol–water partition coefficient (Wildman–Crippen LogP) is 4.25. The van der Waals surface area contributed by atoms with Crippen molar-refractivity contribution in [2.45, 2.75) is 6.61 Å². The van der Waals surface area contributed by atoms with Gasteiger partial charge in [0.1, 0.15) is 29.1 Å². The van der Waals surface area contributed by atoms with Crippen molar-refractivity contribution in [3.8, 4) is 5.75 Å². The van der Waals surface area contributed by atoms with Gasteiger partial charge in [0.05, 0.1) is 10.7 Å². The van der Waals surface area contributed by atoms with E-state index in [1.165, 1.54) is 6.07 Å². The molecule has 6 heteroatoms. The molecule has 0 saturated heterocycles. The third-order valence-electron chi connectivity index (χ3n) is 2.10. The van der Waals surface area contributed by atoms with Crippen molar-refractivity contribution in [3.63, 3.8) is 0 Å². The summed E-state index contributed by atoms with van der Waals surface area (Å²) in [6, 6.07) is 6.01. The minimum absolute atomic E-state index is 0.0255. The number of hydrogen-bond donors (Lipinski definition) is 0. The van der Waals surface area contributed by atoms with Gasteiger partial charge >= 0.3 is 0 Å². The Morgan fingerprint density at radius 1 is 1.06 bits per heavy atom. The van der Waals surface area contributed by atoms with E-state index in [0.717, 1.165) is 18.2 Å². The molecule has 18 heavy (non-hydrogen) atoms. The fourth-order valence-corrected chi connectivity index (χ4v) is 1.65. The molecule has 0 spiro atoms. The molecule has 2 rings (SSSR count). The maximum atomic E-state index is 12.9. The summed E-state index contributed by atoms with van der Waals surface area (Å²) in [7, 11) is 0. The second-order valence-corrected chi connectivity index (χ2v) is 4.25. The number of nitrogens with zero attached hydrogens (tertiary/aromatic N) is 1. The topological polar surface area (TPSA) is 22.1 Å². The molecule has 0 bridgehead atoms. The first kappa shape index (κ1) is 13.1. The van der Waals surface area contributed by atoms with Crippen LogP contribution >= 0.6 is 23.2 Å². The molecule has 0 radical (unpaired) electrons. The second-order valence-electron chi connectivity index (χ2n) is 3.46. The zero-order valence-electron chi connectivity index (χ0n) is 8.96. The van der Waals surface area contributed by atoms with Crippen LogP contribution in [0.4, 0.5) is 8.78 Å². The smallest absolute Gasteiger partial charge is 0.132 e. The summed E-state index contributed by atoms with van der Waals surface area (Å²) in [5, 5.41) is 0.639. The Morgan fingerprint density at radius 2 is 1.72 bits per heavy atom. The summed E-state index contributed by atoms with van der Waals surface area (Å²) in [5.74, 6) is -1.37. The normalized spacial score (nSPS) is 10.4. The molecule has 1 aromatic carbocycles. The fraction of sp³-hybridized carbons (Fsp3) is 0.0833. The van der Waals surface area contributed by atoms with Gasteiger partial charge in [0, 0.05) is 18.2 Å². The van der Waals surface area contributed by atoms with Gasteiger partial charge < -0.3 is 4.74 Å². The van der Waals surface area contributed by atoms with Gasteiger partial charge in [0.15, 0.2) is 0 Å². The summed E-state index contributed by atoms with van der Waals surface area (Å²) in [4.78, 5) is 3.95. The highest BCUT2D eigenvalue weighted by molar-refractivity contribution is 6.32. The molecule has 0 N–H and O–H groups in total. The minimum Gasteiger partial charge on any atom is -0.487 e. The van der Waals surface area contributed by atoms with Crippen molar-refractivity contribution in [2.75, 3.05) is 0 Å². The lowest BCUT2D eigenvalue weighted by atomic mass is 10.3. The monoisotopic (exact) mass is 289 g/mol. The van der Waals surface area contributed by atoms with Crippen molar-refractivity contribution in [3.05, 3.63) is 57.8 Å². The van der Waals surface area contributed by atoms with Gasteiger partial charge in [-0.25, -0.2) is 13.8 Å². The first-order valence-electron chi connectivity index (χ1n) is 4.94. The number of rotatable bonds is 3. The molecule has 2 nitrogen and oxygen atoms in total. The van der Waals surface area contributed by atoms with E-state index in [-0.39, 0.29) is 17.5 Å². The van der Waals surface area contributed by atoms with Crippen LogP contribution in [-0.2, 0) is 6.61 Å². The van der Waals surface area contributed by atoms with E-state index < -0.39 is 11.6 Å². The maximum Gasteiger partial charge on any atom is 0.132 e. The lowest BCUT2D eigenvalue weighted by Crippen LogP contribution is -2.00. The fourth-order valence-electron chi connectivity index (χ4n) is 1.32. The Morgan fingerprint density at radius 3 is 2.39 bits per heavy atom. The largest absolute Gasteiger partial charge is 0.487 e. The Bertz CT molecular complexity index is 558. The summed E-state index contributed by atoms with van der Waals surface area (Å²) in [6.07, 6.45) is 0. The second kappa shape index (κ2) is 5.50. The molecule has 1 heterocycles. The molecule has 0 unspecified atom stereocenters. The van der Waals surface area contributed by atoms with Crippen LogP contribution < -0.4 is 4.74 Å². The zero-order chi connectivity index (χ0) is 13.1. The Hall–Kier alpha value is -1.39. The number of aromatic nitrogens is 1. The van der Waals surface area contributed by atoms with E-state index in [9.17, 15) is 8.78 Å². The van der Waals surface area contributed by atoms with Gasteiger partial charge in [-0.1, -0.05) is 23.2 Å². The van der Waals surface area contributed by atoms with E-state index in [4.69, 9.17) is 27.9 Å². The first-order chi connectivity index (χ1) is 8.54. The lowest BCUT2D eigenvalue weighted by Gasteiger charge is -2.07. The molecule has 0 fully saturated rings. The van der Waals surface area contributed by atoms with Gasteiger partial charge in [0.2, 0.25) is 0 Å². The van der Waals surface area contributed by atoms with Crippen LogP contribution in [0.5, 0.6) is 5.75 Å². The molecule has 0 aliphatic heterocycles. The standard InChI is InChI=1S/C12H7Cl2F2NO/c13-10-1-2-12(14)17-11(10)6-18-9-4-7(15)3-8(16)5-9/h1-5H,6H2. The van der Waals surface area contributed by atoms with Crippen molar-refractivity contribution in [2.24, 2.45) is 0 Å². The highest BCUT2D eigenvalue weighted by Crippen LogP contribution is 2.20. The van der Waals surface area contributed by atoms with Gasteiger partial charge in [-0.3, -0.25) is 0 Å². The van der Waals surface area contributed by atoms with Gasteiger partial charge in [-0.05, 0) is 12.1 Å². The predicted molar refractivity (Wildman–Crippen MR) is 64.9 cm³/mol. The van der Waals surface area contributed by atoms with E-state index in [0.29, 0.717) is 10.7 Å². The number of halogens is 4. The average molecular weight is 290 g/mol. The molecule has 0 amide bonds. The molecule has 0 aliphatic rings. The van der Waals surface area contributed by atoms with Crippen molar-refractivity contribution in [1.29, 1.82) is 0 Å². The molecule has 0 aliphatic carbocycles. The van der Waals surface area contributed by atoms with Crippen LogP contribution in [0.2, 0.25) is 10.2 Å². The van der Waals surface area contributed by atoms with E-state index in [1.54, 1.807) is 6.07 Å². The maximum absolute atomic E-state index is 12.9. The molecular weight excluding hydrogens is 283 g/mol. The van der Waals surface area contributed by atoms with Gasteiger partial charge in [0.25, 0.3) is 0 Å². The van der Waals surface area contributed by atoms with Crippen LogP contribution in [0, 0.1) is 11.6 Å².